The molecule has 3 aromatic rings. The molecule has 0 aliphatic rings. The molecule has 0 fully saturated rings. The van der Waals surface area contributed by atoms with Crippen molar-refractivity contribution >= 4 is 5.91 Å². The number of aromatic nitrogens is 2. The van der Waals surface area contributed by atoms with Crippen molar-refractivity contribution < 1.29 is 27.4 Å². The van der Waals surface area contributed by atoms with Gasteiger partial charge in [0.2, 0.25) is 0 Å². The zero-order valence-corrected chi connectivity index (χ0v) is 18.2. The van der Waals surface area contributed by atoms with Gasteiger partial charge in [0.25, 0.3) is 5.91 Å². The Kier molecular flexibility index (Phi) is 7.07. The summed E-state index contributed by atoms with van der Waals surface area (Å²) >= 11 is 0. The molecule has 170 valence electrons. The highest BCUT2D eigenvalue weighted by atomic mass is 19.3. The first-order chi connectivity index (χ1) is 15.2. The molecule has 9 heteroatoms. The van der Waals surface area contributed by atoms with E-state index in [1.165, 1.54) is 42.5 Å². The van der Waals surface area contributed by atoms with E-state index >= 15 is 0 Å². The van der Waals surface area contributed by atoms with Crippen LogP contribution < -0.4 is 9.47 Å². The van der Waals surface area contributed by atoms with Crippen LogP contribution in [0.4, 0.5) is 13.2 Å². The number of alkyl halides is 2. The van der Waals surface area contributed by atoms with Gasteiger partial charge in [0.15, 0.2) is 11.5 Å². The Labute approximate surface area is 184 Å². The van der Waals surface area contributed by atoms with E-state index in [1.54, 1.807) is 29.9 Å². The predicted octanol–water partition coefficient (Wildman–Crippen LogP) is 5.02. The van der Waals surface area contributed by atoms with E-state index in [0.29, 0.717) is 22.5 Å². The molecule has 2 aromatic carbocycles. The largest absolute Gasteiger partial charge is 0.493 e. The molecule has 3 rings (SSSR count). The standard InChI is InChI=1S/C23H24F3N3O3/c1-14(2)21-18(12-27-29(21)17-8-6-16(24)7-9-17)22(30)28(3)13-15-5-10-19(31-4)20(11-15)32-23(25)26/h5-12,14,23H,13H2,1-4H3. The van der Waals surface area contributed by atoms with Crippen LogP contribution in [0.15, 0.2) is 48.7 Å². The highest BCUT2D eigenvalue weighted by molar-refractivity contribution is 5.95. The third-order valence-electron chi connectivity index (χ3n) is 4.87. The van der Waals surface area contributed by atoms with Gasteiger partial charge >= 0.3 is 6.61 Å². The summed E-state index contributed by atoms with van der Waals surface area (Å²) in [6.07, 6.45) is 1.48. The van der Waals surface area contributed by atoms with E-state index in [9.17, 15) is 18.0 Å². The van der Waals surface area contributed by atoms with Crippen LogP contribution in [0.25, 0.3) is 5.69 Å². The lowest BCUT2D eigenvalue weighted by Gasteiger charge is -2.20. The lowest BCUT2D eigenvalue weighted by Crippen LogP contribution is -2.27. The Hall–Kier alpha value is -3.49. The summed E-state index contributed by atoms with van der Waals surface area (Å²) in [4.78, 5) is 14.7. The van der Waals surface area contributed by atoms with Gasteiger partial charge in [-0.3, -0.25) is 4.79 Å². The summed E-state index contributed by atoms with van der Waals surface area (Å²) in [7, 11) is 2.97. The SMILES string of the molecule is COc1ccc(CN(C)C(=O)c2cnn(-c3ccc(F)cc3)c2C(C)C)cc1OC(F)F. The number of benzene rings is 2. The molecular formula is C23H24F3N3O3. The van der Waals surface area contributed by atoms with Crippen LogP contribution in [0.2, 0.25) is 0 Å². The Morgan fingerprint density at radius 1 is 1.12 bits per heavy atom. The highest BCUT2D eigenvalue weighted by Crippen LogP contribution is 2.30. The topological polar surface area (TPSA) is 56.6 Å². The molecule has 0 aliphatic carbocycles. The maximum Gasteiger partial charge on any atom is 0.387 e. The molecule has 0 N–H and O–H groups in total. The fraction of sp³-hybridized carbons (Fsp3) is 0.304. The van der Waals surface area contributed by atoms with Crippen molar-refractivity contribution in [1.29, 1.82) is 0 Å². The van der Waals surface area contributed by atoms with Gasteiger partial charge in [0.1, 0.15) is 5.82 Å². The van der Waals surface area contributed by atoms with Crippen molar-refractivity contribution in [3.63, 3.8) is 0 Å². The number of hydrogen-bond donors (Lipinski definition) is 0. The number of amides is 1. The quantitative estimate of drug-likeness (QED) is 0.487. The molecule has 1 amide bonds. The molecule has 0 atom stereocenters. The summed E-state index contributed by atoms with van der Waals surface area (Å²) in [6.45, 7) is 1.03. The molecule has 1 aromatic heterocycles. The van der Waals surface area contributed by atoms with Crippen molar-refractivity contribution in [2.24, 2.45) is 0 Å². The third-order valence-corrected chi connectivity index (χ3v) is 4.87. The van der Waals surface area contributed by atoms with E-state index in [4.69, 9.17) is 4.74 Å². The van der Waals surface area contributed by atoms with Gasteiger partial charge in [-0.15, -0.1) is 0 Å². The van der Waals surface area contributed by atoms with E-state index < -0.39 is 6.61 Å². The number of halogens is 3. The number of ether oxygens (including phenoxy) is 2. The van der Waals surface area contributed by atoms with Crippen molar-refractivity contribution in [2.45, 2.75) is 32.9 Å². The second-order valence-electron chi connectivity index (χ2n) is 7.51. The minimum atomic E-state index is -3.00. The maximum absolute atomic E-state index is 13.3. The van der Waals surface area contributed by atoms with E-state index in [0.717, 1.165) is 0 Å². The number of rotatable bonds is 8. The fourth-order valence-electron chi connectivity index (χ4n) is 3.43. The Balaban J connectivity index is 1.87. The van der Waals surface area contributed by atoms with Gasteiger partial charge in [-0.25, -0.2) is 9.07 Å². The smallest absolute Gasteiger partial charge is 0.387 e. The molecule has 32 heavy (non-hydrogen) atoms. The van der Waals surface area contributed by atoms with Gasteiger partial charge in [0.05, 0.1) is 30.3 Å². The van der Waals surface area contributed by atoms with E-state index in [2.05, 4.69) is 9.84 Å². The first-order valence-electron chi connectivity index (χ1n) is 9.92. The highest BCUT2D eigenvalue weighted by Gasteiger charge is 2.24. The molecular weight excluding hydrogens is 423 g/mol. The summed E-state index contributed by atoms with van der Waals surface area (Å²) in [5, 5.41) is 4.34. The second-order valence-corrected chi connectivity index (χ2v) is 7.51. The summed E-state index contributed by atoms with van der Waals surface area (Å²) < 4.78 is 49.9. The van der Waals surface area contributed by atoms with Crippen LogP contribution in [0.1, 0.15) is 41.4 Å². The first kappa shape index (κ1) is 23.2. The Morgan fingerprint density at radius 3 is 2.41 bits per heavy atom. The molecule has 0 aliphatic heterocycles. The number of hydrogen-bond acceptors (Lipinski definition) is 4. The lowest BCUT2D eigenvalue weighted by atomic mass is 10.0. The minimum Gasteiger partial charge on any atom is -0.493 e. The summed E-state index contributed by atoms with van der Waals surface area (Å²) in [5.41, 5.74) is 2.32. The fourth-order valence-corrected chi connectivity index (χ4v) is 3.43. The van der Waals surface area contributed by atoms with Gasteiger partial charge in [0, 0.05) is 13.6 Å². The van der Waals surface area contributed by atoms with Crippen LogP contribution in [0.3, 0.4) is 0 Å². The van der Waals surface area contributed by atoms with Crippen LogP contribution in [-0.2, 0) is 6.54 Å². The first-order valence-corrected chi connectivity index (χ1v) is 9.92. The maximum atomic E-state index is 13.3. The second kappa shape index (κ2) is 9.76. The molecule has 0 unspecified atom stereocenters. The van der Waals surface area contributed by atoms with Crippen LogP contribution in [0.5, 0.6) is 11.5 Å². The van der Waals surface area contributed by atoms with Crippen molar-refractivity contribution in [3.05, 3.63) is 71.3 Å². The lowest BCUT2D eigenvalue weighted by molar-refractivity contribution is -0.0512. The van der Waals surface area contributed by atoms with Crippen molar-refractivity contribution in [3.8, 4) is 17.2 Å². The van der Waals surface area contributed by atoms with Crippen molar-refractivity contribution in [1.82, 2.24) is 14.7 Å². The van der Waals surface area contributed by atoms with E-state index in [1.807, 2.05) is 13.8 Å². The van der Waals surface area contributed by atoms with E-state index in [-0.39, 0.29) is 35.7 Å². The number of methoxy groups -OCH3 is 1. The predicted molar refractivity (Wildman–Crippen MR) is 113 cm³/mol. The average Bonchev–Trinajstić information content (AvgIpc) is 3.19. The Bertz CT molecular complexity index is 1080. The number of nitrogens with zero attached hydrogens (tertiary/aromatic N) is 3. The molecule has 0 saturated heterocycles. The normalized spacial score (nSPS) is 11.2. The number of carbonyl (C=O) groups excluding carboxylic acids is 1. The van der Waals surface area contributed by atoms with Crippen molar-refractivity contribution in [2.75, 3.05) is 14.2 Å². The molecule has 0 bridgehead atoms. The molecule has 0 radical (unpaired) electrons. The van der Waals surface area contributed by atoms with Gasteiger partial charge in [-0.05, 0) is 47.9 Å². The average molecular weight is 447 g/mol. The summed E-state index contributed by atoms with van der Waals surface area (Å²) in [5.74, 6) is -0.618. The zero-order valence-electron chi connectivity index (χ0n) is 18.2. The molecule has 0 saturated carbocycles. The summed E-state index contributed by atoms with van der Waals surface area (Å²) in [6, 6.07) is 10.4. The van der Waals surface area contributed by atoms with Gasteiger partial charge in [-0.2, -0.15) is 13.9 Å². The monoisotopic (exact) mass is 447 g/mol. The zero-order chi connectivity index (χ0) is 23.4. The minimum absolute atomic E-state index is 0.0399. The van der Waals surface area contributed by atoms with Crippen LogP contribution in [0, 0.1) is 5.82 Å². The third kappa shape index (κ3) is 5.04. The molecule has 6 nitrogen and oxygen atoms in total. The molecule has 0 spiro atoms. The Morgan fingerprint density at radius 2 is 1.81 bits per heavy atom. The van der Waals surface area contributed by atoms with Crippen LogP contribution in [-0.4, -0.2) is 41.4 Å². The molecule has 1 heterocycles. The van der Waals surface area contributed by atoms with Gasteiger partial charge < -0.3 is 14.4 Å². The van der Waals surface area contributed by atoms with Gasteiger partial charge in [-0.1, -0.05) is 19.9 Å². The van der Waals surface area contributed by atoms with Crippen LogP contribution >= 0.6 is 0 Å². The number of carbonyl (C=O) groups is 1.